The van der Waals surface area contributed by atoms with E-state index < -0.39 is 0 Å². The largest absolute Gasteiger partial charge is 0.397 e. The van der Waals surface area contributed by atoms with Gasteiger partial charge in [0.15, 0.2) is 0 Å². The molecule has 0 bridgehead atoms. The predicted molar refractivity (Wildman–Crippen MR) is 66.9 cm³/mol. The molecular formula is C13H16N2. The van der Waals surface area contributed by atoms with Crippen LogP contribution in [0.5, 0.6) is 0 Å². The predicted octanol–water partition coefficient (Wildman–Crippen LogP) is 3.13. The highest BCUT2D eigenvalue weighted by atomic mass is 14.7. The van der Waals surface area contributed by atoms with E-state index in [1.165, 1.54) is 0 Å². The molecule has 0 spiro atoms. The monoisotopic (exact) mass is 200 g/mol. The van der Waals surface area contributed by atoms with Gasteiger partial charge in [0, 0.05) is 5.39 Å². The Bertz CT molecular complexity index is 501. The molecule has 78 valence electrons. The fourth-order valence-electron chi connectivity index (χ4n) is 1.89. The maximum absolute atomic E-state index is 6.03. The van der Waals surface area contributed by atoms with E-state index in [2.05, 4.69) is 26.0 Å². The molecule has 0 fully saturated rings. The molecule has 0 amide bonds. The van der Waals surface area contributed by atoms with E-state index in [0.717, 1.165) is 22.0 Å². The van der Waals surface area contributed by atoms with E-state index in [-0.39, 0.29) is 0 Å². The molecule has 0 saturated heterocycles. The standard InChI is InChI=1S/C13H16N2/c1-8(2)11-7-9-5-3-4-6-10(9)12(14)13(11)15/h3-8H,14-15H2,1-2H3. The number of benzene rings is 2. The molecule has 0 unspecified atom stereocenters. The summed E-state index contributed by atoms with van der Waals surface area (Å²) in [5.74, 6) is 0.400. The van der Waals surface area contributed by atoms with Crippen LogP contribution in [0.15, 0.2) is 30.3 Å². The number of hydrogen-bond acceptors (Lipinski definition) is 2. The Morgan fingerprint density at radius 2 is 1.67 bits per heavy atom. The molecule has 2 heteroatoms. The zero-order valence-electron chi connectivity index (χ0n) is 9.12. The average Bonchev–Trinajstić information content (AvgIpc) is 2.23. The third-order valence-corrected chi connectivity index (χ3v) is 2.79. The number of hydrogen-bond donors (Lipinski definition) is 2. The number of fused-ring (bicyclic) bond motifs is 1. The zero-order valence-corrected chi connectivity index (χ0v) is 9.12. The molecular weight excluding hydrogens is 184 g/mol. The Hall–Kier alpha value is -1.70. The Morgan fingerprint density at radius 1 is 1.00 bits per heavy atom. The quantitative estimate of drug-likeness (QED) is 0.695. The molecule has 2 aromatic rings. The molecule has 4 N–H and O–H groups in total. The van der Waals surface area contributed by atoms with Crippen molar-refractivity contribution in [1.29, 1.82) is 0 Å². The van der Waals surface area contributed by atoms with Gasteiger partial charge in [-0.3, -0.25) is 0 Å². The highest BCUT2D eigenvalue weighted by Gasteiger charge is 2.10. The van der Waals surface area contributed by atoms with E-state index in [1.54, 1.807) is 0 Å². The van der Waals surface area contributed by atoms with Gasteiger partial charge >= 0.3 is 0 Å². The van der Waals surface area contributed by atoms with Gasteiger partial charge in [-0.1, -0.05) is 38.1 Å². The molecule has 0 atom stereocenters. The maximum atomic E-state index is 6.03. The summed E-state index contributed by atoms with van der Waals surface area (Å²) in [5, 5.41) is 2.20. The first-order valence-corrected chi connectivity index (χ1v) is 5.18. The van der Waals surface area contributed by atoms with Crippen LogP contribution in [-0.4, -0.2) is 0 Å². The summed E-state index contributed by atoms with van der Waals surface area (Å²) in [7, 11) is 0. The number of nitrogens with two attached hydrogens (primary N) is 2. The normalized spacial score (nSPS) is 11.1. The smallest absolute Gasteiger partial charge is 0.0630 e. The van der Waals surface area contributed by atoms with Gasteiger partial charge in [-0.15, -0.1) is 0 Å². The van der Waals surface area contributed by atoms with Gasteiger partial charge in [0.05, 0.1) is 11.4 Å². The van der Waals surface area contributed by atoms with E-state index in [1.807, 2.05) is 18.2 Å². The van der Waals surface area contributed by atoms with Crippen molar-refractivity contribution in [3.63, 3.8) is 0 Å². The minimum Gasteiger partial charge on any atom is -0.397 e. The fraction of sp³-hybridized carbons (Fsp3) is 0.231. The maximum Gasteiger partial charge on any atom is 0.0630 e. The van der Waals surface area contributed by atoms with Crippen LogP contribution in [0.1, 0.15) is 25.3 Å². The van der Waals surface area contributed by atoms with Crippen LogP contribution in [0.4, 0.5) is 11.4 Å². The minimum absolute atomic E-state index is 0.400. The molecule has 0 heterocycles. The molecule has 0 saturated carbocycles. The second-order valence-electron chi connectivity index (χ2n) is 4.17. The van der Waals surface area contributed by atoms with Gasteiger partial charge < -0.3 is 11.5 Å². The SMILES string of the molecule is CC(C)c1cc2ccccc2c(N)c1N. The number of rotatable bonds is 1. The lowest BCUT2D eigenvalue weighted by Gasteiger charge is -2.14. The second-order valence-corrected chi connectivity index (χ2v) is 4.17. The first-order chi connectivity index (χ1) is 7.11. The molecule has 2 rings (SSSR count). The van der Waals surface area contributed by atoms with Gasteiger partial charge in [0.25, 0.3) is 0 Å². The fourth-order valence-corrected chi connectivity index (χ4v) is 1.89. The first-order valence-electron chi connectivity index (χ1n) is 5.18. The van der Waals surface area contributed by atoms with Gasteiger partial charge in [-0.25, -0.2) is 0 Å². The second kappa shape index (κ2) is 3.46. The van der Waals surface area contributed by atoms with E-state index >= 15 is 0 Å². The van der Waals surface area contributed by atoms with Crippen LogP contribution in [0.2, 0.25) is 0 Å². The lowest BCUT2D eigenvalue weighted by atomic mass is 9.96. The Balaban J connectivity index is 2.82. The Kier molecular flexibility index (Phi) is 2.27. The third kappa shape index (κ3) is 1.52. The summed E-state index contributed by atoms with van der Waals surface area (Å²) in [6.07, 6.45) is 0. The van der Waals surface area contributed by atoms with Gasteiger partial charge in [0.2, 0.25) is 0 Å². The summed E-state index contributed by atoms with van der Waals surface area (Å²) in [6, 6.07) is 10.2. The Morgan fingerprint density at radius 3 is 2.33 bits per heavy atom. The van der Waals surface area contributed by atoms with Crippen molar-refractivity contribution in [3.8, 4) is 0 Å². The zero-order chi connectivity index (χ0) is 11.0. The lowest BCUT2D eigenvalue weighted by Crippen LogP contribution is -2.02. The third-order valence-electron chi connectivity index (χ3n) is 2.79. The van der Waals surface area contributed by atoms with Crippen LogP contribution in [0.25, 0.3) is 10.8 Å². The molecule has 0 aromatic heterocycles. The van der Waals surface area contributed by atoms with Crippen molar-refractivity contribution < 1.29 is 0 Å². The van der Waals surface area contributed by atoms with Crippen LogP contribution in [-0.2, 0) is 0 Å². The van der Waals surface area contributed by atoms with Crippen molar-refractivity contribution in [2.24, 2.45) is 0 Å². The summed E-state index contributed by atoms with van der Waals surface area (Å²) in [6.45, 7) is 4.25. The molecule has 0 aliphatic carbocycles. The summed E-state index contributed by atoms with van der Waals surface area (Å²) >= 11 is 0. The minimum atomic E-state index is 0.400. The number of anilines is 2. The summed E-state index contributed by atoms with van der Waals surface area (Å²) in [4.78, 5) is 0. The molecule has 0 aliphatic rings. The van der Waals surface area contributed by atoms with Crippen molar-refractivity contribution >= 4 is 22.1 Å². The highest BCUT2D eigenvalue weighted by Crippen LogP contribution is 2.33. The van der Waals surface area contributed by atoms with Crippen molar-refractivity contribution in [3.05, 3.63) is 35.9 Å². The van der Waals surface area contributed by atoms with E-state index in [4.69, 9.17) is 11.5 Å². The molecule has 15 heavy (non-hydrogen) atoms. The molecule has 2 aromatic carbocycles. The van der Waals surface area contributed by atoms with Crippen LogP contribution in [0, 0.1) is 0 Å². The van der Waals surface area contributed by atoms with E-state index in [9.17, 15) is 0 Å². The topological polar surface area (TPSA) is 52.0 Å². The van der Waals surface area contributed by atoms with Gasteiger partial charge in [-0.2, -0.15) is 0 Å². The van der Waals surface area contributed by atoms with Crippen molar-refractivity contribution in [2.75, 3.05) is 11.5 Å². The number of nitrogen functional groups attached to an aromatic ring is 2. The molecule has 0 radical (unpaired) electrons. The highest BCUT2D eigenvalue weighted by molar-refractivity contribution is 5.99. The molecule has 2 nitrogen and oxygen atoms in total. The average molecular weight is 200 g/mol. The van der Waals surface area contributed by atoms with Crippen LogP contribution in [0.3, 0.4) is 0 Å². The van der Waals surface area contributed by atoms with Gasteiger partial charge in [0.1, 0.15) is 0 Å². The lowest BCUT2D eigenvalue weighted by molar-refractivity contribution is 0.872. The van der Waals surface area contributed by atoms with Crippen LogP contribution >= 0.6 is 0 Å². The molecule has 0 aliphatic heterocycles. The summed E-state index contributed by atoms with van der Waals surface area (Å²) in [5.41, 5.74) is 14.6. The van der Waals surface area contributed by atoms with E-state index in [0.29, 0.717) is 11.6 Å². The Labute approximate surface area is 89.9 Å². The summed E-state index contributed by atoms with van der Waals surface area (Å²) < 4.78 is 0. The van der Waals surface area contributed by atoms with Crippen LogP contribution < -0.4 is 11.5 Å². The van der Waals surface area contributed by atoms with Crippen molar-refractivity contribution in [2.45, 2.75) is 19.8 Å². The first kappa shape index (κ1) is 9.84. The van der Waals surface area contributed by atoms with Gasteiger partial charge in [-0.05, 0) is 22.9 Å². The van der Waals surface area contributed by atoms with Crippen molar-refractivity contribution in [1.82, 2.24) is 0 Å².